The van der Waals surface area contributed by atoms with Crippen LogP contribution in [0.4, 0.5) is 0 Å². The Morgan fingerprint density at radius 2 is 2.12 bits per heavy atom. The zero-order chi connectivity index (χ0) is 18.2. The van der Waals surface area contributed by atoms with E-state index in [0.717, 1.165) is 10.9 Å². The molecule has 6 heteroatoms. The topological polar surface area (TPSA) is 86.0 Å². The molecule has 2 aromatic rings. The van der Waals surface area contributed by atoms with Crippen LogP contribution in [0.2, 0.25) is 0 Å². The van der Waals surface area contributed by atoms with E-state index in [1.165, 1.54) is 6.07 Å². The Balaban J connectivity index is 1.81. The molecule has 0 bridgehead atoms. The van der Waals surface area contributed by atoms with Gasteiger partial charge in [0.25, 0.3) is 0 Å². The number of allylic oxidation sites excluding steroid dienone is 1. The number of fused-ring (bicyclic) bond motifs is 3. The highest BCUT2D eigenvalue weighted by molar-refractivity contribution is 5.87. The van der Waals surface area contributed by atoms with Crippen LogP contribution in [0.15, 0.2) is 45.1 Å². The SMILES string of the molecule is CC=C(C)C(=O)OCC(C)(O)C1Cc2c(ccc3ccc(=O)oc23)O1. The molecule has 1 aromatic heterocycles. The van der Waals surface area contributed by atoms with Crippen molar-refractivity contribution in [3.63, 3.8) is 0 Å². The number of hydrogen-bond acceptors (Lipinski definition) is 6. The third-order valence-electron chi connectivity index (χ3n) is 4.45. The number of aliphatic hydroxyl groups is 1. The summed E-state index contributed by atoms with van der Waals surface area (Å²) in [6.45, 7) is 4.75. The van der Waals surface area contributed by atoms with Crippen LogP contribution < -0.4 is 10.4 Å². The minimum atomic E-state index is -1.38. The Kier molecular flexibility index (Phi) is 4.39. The van der Waals surface area contributed by atoms with E-state index in [0.29, 0.717) is 23.3 Å². The lowest BCUT2D eigenvalue weighted by atomic mass is 9.95. The molecule has 2 atom stereocenters. The number of ether oxygens (including phenoxy) is 2. The maximum absolute atomic E-state index is 11.8. The molecule has 0 saturated heterocycles. The molecule has 25 heavy (non-hydrogen) atoms. The van der Waals surface area contributed by atoms with E-state index >= 15 is 0 Å². The molecule has 2 heterocycles. The van der Waals surface area contributed by atoms with E-state index in [2.05, 4.69) is 0 Å². The van der Waals surface area contributed by atoms with Crippen LogP contribution in [-0.4, -0.2) is 29.4 Å². The zero-order valence-electron chi connectivity index (χ0n) is 14.4. The second kappa shape index (κ2) is 6.37. The first kappa shape index (κ1) is 17.2. The average Bonchev–Trinajstić information content (AvgIpc) is 3.04. The maximum Gasteiger partial charge on any atom is 0.336 e. The summed E-state index contributed by atoms with van der Waals surface area (Å²) in [7, 11) is 0. The average molecular weight is 344 g/mol. The lowest BCUT2D eigenvalue weighted by Gasteiger charge is -2.28. The van der Waals surface area contributed by atoms with E-state index in [1.54, 1.807) is 45.0 Å². The number of esters is 1. The van der Waals surface area contributed by atoms with Crippen molar-refractivity contribution < 1.29 is 23.8 Å². The normalized spacial score (nSPS) is 19.2. The Labute approximate surface area is 144 Å². The van der Waals surface area contributed by atoms with Gasteiger partial charge in [-0.2, -0.15) is 0 Å². The van der Waals surface area contributed by atoms with Gasteiger partial charge in [0.2, 0.25) is 0 Å². The Morgan fingerprint density at radius 3 is 2.84 bits per heavy atom. The minimum absolute atomic E-state index is 0.197. The molecule has 3 rings (SSSR count). The smallest absolute Gasteiger partial charge is 0.336 e. The Hall–Kier alpha value is -2.60. The van der Waals surface area contributed by atoms with Crippen LogP contribution in [0.3, 0.4) is 0 Å². The van der Waals surface area contributed by atoms with E-state index in [-0.39, 0.29) is 6.61 Å². The van der Waals surface area contributed by atoms with Gasteiger partial charge in [-0.3, -0.25) is 0 Å². The van der Waals surface area contributed by atoms with Crippen molar-refractivity contribution in [2.75, 3.05) is 6.61 Å². The van der Waals surface area contributed by atoms with Gasteiger partial charge >= 0.3 is 11.6 Å². The van der Waals surface area contributed by atoms with Crippen molar-refractivity contribution in [2.24, 2.45) is 0 Å². The predicted molar refractivity (Wildman–Crippen MR) is 91.6 cm³/mol. The molecule has 0 aliphatic carbocycles. The summed E-state index contributed by atoms with van der Waals surface area (Å²) in [5.41, 5.74) is -0.156. The first-order chi connectivity index (χ1) is 11.8. The monoisotopic (exact) mass is 344 g/mol. The quantitative estimate of drug-likeness (QED) is 0.521. The minimum Gasteiger partial charge on any atom is -0.487 e. The van der Waals surface area contributed by atoms with E-state index in [9.17, 15) is 14.7 Å². The van der Waals surface area contributed by atoms with Crippen LogP contribution in [-0.2, 0) is 16.0 Å². The molecule has 1 aliphatic heterocycles. The van der Waals surface area contributed by atoms with Gasteiger partial charge in [-0.1, -0.05) is 6.08 Å². The van der Waals surface area contributed by atoms with Crippen molar-refractivity contribution in [3.05, 3.63) is 51.9 Å². The van der Waals surface area contributed by atoms with Gasteiger partial charge in [0.05, 0.1) is 0 Å². The van der Waals surface area contributed by atoms with E-state index in [4.69, 9.17) is 13.9 Å². The summed E-state index contributed by atoms with van der Waals surface area (Å²) in [6, 6.07) is 6.63. The summed E-state index contributed by atoms with van der Waals surface area (Å²) in [6.07, 6.45) is 1.39. The molecule has 0 fully saturated rings. The molecule has 1 aromatic carbocycles. The number of hydrogen-bond donors (Lipinski definition) is 1. The second-order valence-corrected chi connectivity index (χ2v) is 6.43. The predicted octanol–water partition coefficient (Wildman–Crippen LogP) is 2.36. The molecule has 0 radical (unpaired) electrons. The number of carbonyl (C=O) groups is 1. The first-order valence-corrected chi connectivity index (χ1v) is 8.06. The highest BCUT2D eigenvalue weighted by atomic mass is 16.6. The molecular formula is C19H20O6. The van der Waals surface area contributed by atoms with Crippen LogP contribution in [0.1, 0.15) is 26.3 Å². The molecule has 6 nitrogen and oxygen atoms in total. The van der Waals surface area contributed by atoms with Crippen molar-refractivity contribution in [3.8, 4) is 5.75 Å². The summed E-state index contributed by atoms with van der Waals surface area (Å²) in [5.74, 6) is 0.0813. The first-order valence-electron chi connectivity index (χ1n) is 8.06. The van der Waals surface area contributed by atoms with Gasteiger partial charge < -0.3 is 19.0 Å². The van der Waals surface area contributed by atoms with Crippen molar-refractivity contribution in [1.82, 2.24) is 0 Å². The largest absolute Gasteiger partial charge is 0.487 e. The van der Waals surface area contributed by atoms with Crippen LogP contribution in [0.25, 0.3) is 11.0 Å². The Bertz CT molecular complexity index is 906. The van der Waals surface area contributed by atoms with Crippen molar-refractivity contribution >= 4 is 16.9 Å². The molecule has 0 spiro atoms. The molecular weight excluding hydrogens is 324 g/mol. The number of carbonyl (C=O) groups excluding carboxylic acids is 1. The summed E-state index contributed by atoms with van der Waals surface area (Å²) in [4.78, 5) is 23.3. The van der Waals surface area contributed by atoms with Gasteiger partial charge in [-0.15, -0.1) is 0 Å². The van der Waals surface area contributed by atoms with Gasteiger partial charge in [-0.05, 0) is 39.0 Å². The third kappa shape index (κ3) is 3.30. The molecule has 1 N–H and O–H groups in total. The molecule has 2 unspecified atom stereocenters. The van der Waals surface area contributed by atoms with Crippen LogP contribution in [0, 0.1) is 0 Å². The summed E-state index contributed by atoms with van der Waals surface area (Å²) >= 11 is 0. The van der Waals surface area contributed by atoms with Crippen LogP contribution in [0.5, 0.6) is 5.75 Å². The van der Waals surface area contributed by atoms with Gasteiger partial charge in [0.1, 0.15) is 29.6 Å². The number of benzene rings is 1. The summed E-state index contributed by atoms with van der Waals surface area (Å²) in [5, 5.41) is 11.5. The highest BCUT2D eigenvalue weighted by Gasteiger charge is 2.40. The third-order valence-corrected chi connectivity index (χ3v) is 4.45. The molecule has 1 aliphatic rings. The standard InChI is InChI=1S/C19H20O6/c1-4-11(2)18(21)23-10-19(3,22)15-9-13-14(24-15)7-5-12-6-8-16(20)25-17(12)13/h4-8,15,22H,9-10H2,1-3H3. The lowest BCUT2D eigenvalue weighted by molar-refractivity contribution is -0.151. The van der Waals surface area contributed by atoms with Crippen molar-refractivity contribution in [2.45, 2.75) is 38.9 Å². The fraction of sp³-hybridized carbons (Fsp3) is 0.368. The zero-order valence-corrected chi connectivity index (χ0v) is 14.4. The Morgan fingerprint density at radius 1 is 1.40 bits per heavy atom. The highest BCUT2D eigenvalue weighted by Crippen LogP contribution is 2.37. The molecule has 0 saturated carbocycles. The van der Waals surface area contributed by atoms with E-state index < -0.39 is 23.3 Å². The van der Waals surface area contributed by atoms with Crippen molar-refractivity contribution in [1.29, 1.82) is 0 Å². The van der Waals surface area contributed by atoms with Gasteiger partial charge in [0.15, 0.2) is 0 Å². The van der Waals surface area contributed by atoms with Crippen LogP contribution >= 0.6 is 0 Å². The summed E-state index contributed by atoms with van der Waals surface area (Å²) < 4.78 is 16.3. The maximum atomic E-state index is 11.8. The fourth-order valence-electron chi connectivity index (χ4n) is 2.74. The fourth-order valence-corrected chi connectivity index (χ4v) is 2.74. The number of rotatable bonds is 4. The van der Waals surface area contributed by atoms with E-state index in [1.807, 2.05) is 0 Å². The molecule has 0 amide bonds. The van der Waals surface area contributed by atoms with Gasteiger partial charge in [0, 0.05) is 29.0 Å². The second-order valence-electron chi connectivity index (χ2n) is 6.43. The molecule has 132 valence electrons. The lowest BCUT2D eigenvalue weighted by Crippen LogP contribution is -2.46. The van der Waals surface area contributed by atoms with Gasteiger partial charge in [-0.25, -0.2) is 9.59 Å².